The number of nitrogens with one attached hydrogen (secondary N) is 1. The van der Waals surface area contributed by atoms with Crippen molar-refractivity contribution >= 4 is 17.2 Å². The van der Waals surface area contributed by atoms with E-state index in [2.05, 4.69) is 4.98 Å². The van der Waals surface area contributed by atoms with Crippen molar-refractivity contribution in [2.45, 2.75) is 46.3 Å². The van der Waals surface area contributed by atoms with Gasteiger partial charge in [0.25, 0.3) is 5.56 Å². The van der Waals surface area contributed by atoms with Gasteiger partial charge in [-0.15, -0.1) is 11.3 Å². The van der Waals surface area contributed by atoms with E-state index in [0.29, 0.717) is 6.54 Å². The maximum atomic E-state index is 12.7. The molecule has 1 amide bonds. The molecule has 1 N–H and O–H groups in total. The first-order valence-corrected chi connectivity index (χ1v) is 8.42. The lowest BCUT2D eigenvalue weighted by molar-refractivity contribution is -0.134. The lowest BCUT2D eigenvalue weighted by Gasteiger charge is -2.28. The van der Waals surface area contributed by atoms with E-state index in [0.717, 1.165) is 16.9 Å². The molecule has 0 unspecified atom stereocenters. The Bertz CT molecular complexity index is 790. The van der Waals surface area contributed by atoms with Crippen LogP contribution in [0, 0.1) is 6.92 Å². The second-order valence-electron chi connectivity index (χ2n) is 5.54. The molecule has 0 radical (unpaired) electrons. The Morgan fingerprint density at radius 2 is 2.13 bits per heavy atom. The Morgan fingerprint density at radius 3 is 2.70 bits per heavy atom. The Hall–Kier alpha value is -2.15. The highest BCUT2D eigenvalue weighted by Gasteiger charge is 2.21. The van der Waals surface area contributed by atoms with Crippen LogP contribution in [0.1, 0.15) is 30.7 Å². The second-order valence-corrected chi connectivity index (χ2v) is 6.54. The average Bonchev–Trinajstić information content (AvgIpc) is 2.92. The van der Waals surface area contributed by atoms with E-state index in [1.54, 1.807) is 16.2 Å². The van der Waals surface area contributed by atoms with Crippen molar-refractivity contribution in [3.63, 3.8) is 0 Å². The number of nitrogens with zero attached hydrogens (tertiary/aromatic N) is 2. The van der Waals surface area contributed by atoms with Gasteiger partial charge in [0, 0.05) is 23.2 Å². The minimum absolute atomic E-state index is 0.0717. The highest BCUT2D eigenvalue weighted by molar-refractivity contribution is 7.10. The molecule has 124 valence electrons. The second kappa shape index (κ2) is 7.41. The van der Waals surface area contributed by atoms with Crippen molar-refractivity contribution in [2.75, 3.05) is 0 Å². The summed E-state index contributed by atoms with van der Waals surface area (Å²) >= 11 is 1.62. The van der Waals surface area contributed by atoms with Gasteiger partial charge in [-0.3, -0.25) is 19.1 Å². The first kappa shape index (κ1) is 17.2. The highest BCUT2D eigenvalue weighted by atomic mass is 32.1. The van der Waals surface area contributed by atoms with Gasteiger partial charge in [-0.25, -0.2) is 4.79 Å². The molecule has 6 nitrogen and oxygen atoms in total. The van der Waals surface area contributed by atoms with Crippen LogP contribution in [0.3, 0.4) is 0 Å². The van der Waals surface area contributed by atoms with Gasteiger partial charge in [0.15, 0.2) is 0 Å². The predicted molar refractivity (Wildman–Crippen MR) is 90.7 cm³/mol. The lowest BCUT2D eigenvalue weighted by Crippen LogP contribution is -2.42. The molecule has 0 saturated carbocycles. The molecule has 0 bridgehead atoms. The van der Waals surface area contributed by atoms with Gasteiger partial charge < -0.3 is 4.90 Å². The van der Waals surface area contributed by atoms with E-state index in [1.165, 1.54) is 16.8 Å². The summed E-state index contributed by atoms with van der Waals surface area (Å²) in [6.07, 6.45) is 2.18. The maximum absolute atomic E-state index is 12.7. The summed E-state index contributed by atoms with van der Waals surface area (Å²) in [6.45, 7) is 6.51. The van der Waals surface area contributed by atoms with Gasteiger partial charge in [-0.05, 0) is 37.3 Å². The van der Waals surface area contributed by atoms with Crippen LogP contribution in [0.25, 0.3) is 0 Å². The fraction of sp³-hybridized carbons (Fsp3) is 0.438. The van der Waals surface area contributed by atoms with Crippen LogP contribution in [-0.4, -0.2) is 26.4 Å². The third-order valence-corrected chi connectivity index (χ3v) is 4.94. The number of hydrogen-bond acceptors (Lipinski definition) is 4. The normalized spacial score (nSPS) is 12.1. The van der Waals surface area contributed by atoms with E-state index in [9.17, 15) is 14.4 Å². The summed E-state index contributed by atoms with van der Waals surface area (Å²) in [6, 6.07) is 3.35. The van der Waals surface area contributed by atoms with Crippen molar-refractivity contribution in [1.82, 2.24) is 14.5 Å². The number of H-pyrrole nitrogens is 1. The van der Waals surface area contributed by atoms with E-state index < -0.39 is 11.2 Å². The van der Waals surface area contributed by atoms with Crippen molar-refractivity contribution in [3.8, 4) is 0 Å². The van der Waals surface area contributed by atoms with Gasteiger partial charge in [0.1, 0.15) is 6.54 Å². The fourth-order valence-electron chi connectivity index (χ4n) is 2.24. The SMILES string of the molecule is CC[C@@H](C)N(Cc1sccc1C)C(=O)Cn1ccc(=O)[nH]c1=O. The Kier molecular flexibility index (Phi) is 5.54. The zero-order valence-electron chi connectivity index (χ0n) is 13.5. The number of aromatic nitrogens is 2. The molecule has 1 atom stereocenters. The monoisotopic (exact) mass is 335 g/mol. The number of aromatic amines is 1. The van der Waals surface area contributed by atoms with Crippen molar-refractivity contribution in [2.24, 2.45) is 0 Å². The highest BCUT2D eigenvalue weighted by Crippen LogP contribution is 2.20. The van der Waals surface area contributed by atoms with Crippen molar-refractivity contribution in [1.29, 1.82) is 0 Å². The quantitative estimate of drug-likeness (QED) is 0.873. The fourth-order valence-corrected chi connectivity index (χ4v) is 3.14. The summed E-state index contributed by atoms with van der Waals surface area (Å²) in [5, 5.41) is 2.01. The summed E-state index contributed by atoms with van der Waals surface area (Å²) in [7, 11) is 0. The van der Waals surface area contributed by atoms with Crippen LogP contribution in [0.5, 0.6) is 0 Å². The molecule has 0 saturated heterocycles. The maximum Gasteiger partial charge on any atom is 0.328 e. The molecule has 2 heterocycles. The smallest absolute Gasteiger partial charge is 0.328 e. The molecule has 2 rings (SSSR count). The third-order valence-electron chi connectivity index (χ3n) is 3.93. The van der Waals surface area contributed by atoms with E-state index in [-0.39, 0.29) is 18.5 Å². The van der Waals surface area contributed by atoms with Crippen LogP contribution in [0.2, 0.25) is 0 Å². The van der Waals surface area contributed by atoms with E-state index >= 15 is 0 Å². The van der Waals surface area contributed by atoms with E-state index in [4.69, 9.17) is 0 Å². The van der Waals surface area contributed by atoms with Crippen molar-refractivity contribution < 1.29 is 4.79 Å². The van der Waals surface area contributed by atoms with Gasteiger partial charge in [-0.2, -0.15) is 0 Å². The minimum atomic E-state index is -0.567. The number of carbonyl (C=O) groups excluding carboxylic acids is 1. The number of hydrogen-bond donors (Lipinski definition) is 1. The summed E-state index contributed by atoms with van der Waals surface area (Å²) in [5.41, 5.74) is 0.131. The molecule has 7 heteroatoms. The molecular weight excluding hydrogens is 314 g/mol. The van der Waals surface area contributed by atoms with Crippen LogP contribution >= 0.6 is 11.3 Å². The number of aryl methyl sites for hydroxylation is 1. The molecule has 0 aliphatic carbocycles. The van der Waals surface area contributed by atoms with E-state index in [1.807, 2.05) is 32.2 Å². The van der Waals surface area contributed by atoms with Crippen molar-refractivity contribution in [3.05, 3.63) is 55.0 Å². The van der Waals surface area contributed by atoms with Gasteiger partial charge >= 0.3 is 5.69 Å². The molecule has 0 spiro atoms. The van der Waals surface area contributed by atoms with Crippen LogP contribution < -0.4 is 11.2 Å². The molecule has 0 aliphatic rings. The number of thiophene rings is 1. The van der Waals surface area contributed by atoms with Gasteiger partial charge in [0.2, 0.25) is 5.91 Å². The Morgan fingerprint density at radius 1 is 1.39 bits per heavy atom. The molecule has 0 aromatic carbocycles. The summed E-state index contributed by atoms with van der Waals surface area (Å²) in [4.78, 5) is 40.6. The average molecular weight is 335 g/mol. The molecule has 23 heavy (non-hydrogen) atoms. The van der Waals surface area contributed by atoms with Gasteiger partial charge in [-0.1, -0.05) is 6.92 Å². The summed E-state index contributed by atoms with van der Waals surface area (Å²) in [5.74, 6) is -0.138. The Balaban J connectivity index is 2.21. The summed E-state index contributed by atoms with van der Waals surface area (Å²) < 4.78 is 1.22. The minimum Gasteiger partial charge on any atom is -0.333 e. The molecule has 0 aliphatic heterocycles. The first-order valence-electron chi connectivity index (χ1n) is 7.54. The van der Waals surface area contributed by atoms with Crippen LogP contribution in [-0.2, 0) is 17.9 Å². The predicted octanol–water partition coefficient (Wildman–Crippen LogP) is 1.73. The molecule has 0 fully saturated rings. The number of rotatable bonds is 6. The zero-order chi connectivity index (χ0) is 17.0. The first-order chi connectivity index (χ1) is 10.9. The Labute approximate surface area is 138 Å². The number of carbonyl (C=O) groups is 1. The topological polar surface area (TPSA) is 75.2 Å². The van der Waals surface area contributed by atoms with Crippen LogP contribution in [0.4, 0.5) is 0 Å². The lowest BCUT2D eigenvalue weighted by atomic mass is 10.2. The standard InChI is InChI=1S/C16H21N3O3S/c1-4-12(3)19(9-13-11(2)6-8-23-13)15(21)10-18-7-5-14(20)17-16(18)22/h5-8,12H,4,9-10H2,1-3H3,(H,17,20,22)/t12-/m1/s1. The molecule has 2 aromatic heterocycles. The molecule has 2 aromatic rings. The number of amides is 1. The largest absolute Gasteiger partial charge is 0.333 e. The zero-order valence-corrected chi connectivity index (χ0v) is 14.4. The van der Waals surface area contributed by atoms with Gasteiger partial charge in [0.05, 0.1) is 6.54 Å². The third kappa shape index (κ3) is 4.19. The molecular formula is C16H21N3O3S. The van der Waals surface area contributed by atoms with Crippen LogP contribution in [0.15, 0.2) is 33.3 Å².